The molecule has 0 aromatic carbocycles. The summed E-state index contributed by atoms with van der Waals surface area (Å²) in [6, 6.07) is 0. The summed E-state index contributed by atoms with van der Waals surface area (Å²) in [5.74, 6) is 1.18. The summed E-state index contributed by atoms with van der Waals surface area (Å²) < 4.78 is 1.86. The Morgan fingerprint density at radius 1 is 1.50 bits per heavy atom. The lowest BCUT2D eigenvalue weighted by molar-refractivity contribution is 0.0929. The van der Waals surface area contributed by atoms with Crippen molar-refractivity contribution in [1.82, 2.24) is 20.2 Å². The summed E-state index contributed by atoms with van der Waals surface area (Å²) in [5.41, 5.74) is 0.441. The Morgan fingerprint density at radius 2 is 2.29 bits per heavy atom. The molecule has 0 aliphatic heterocycles. The summed E-state index contributed by atoms with van der Waals surface area (Å²) in [6.45, 7) is 3.17. The highest BCUT2D eigenvalue weighted by Crippen LogP contribution is 2.45. The topological polar surface area (TPSA) is 43.6 Å². The van der Waals surface area contributed by atoms with E-state index in [0.717, 1.165) is 12.4 Å². The Kier molecular flexibility index (Phi) is 2.72. The maximum absolute atomic E-state index is 5.74. The number of tetrazole rings is 1. The van der Waals surface area contributed by atoms with Crippen molar-refractivity contribution >= 4 is 11.6 Å². The van der Waals surface area contributed by atoms with Crippen molar-refractivity contribution in [2.24, 2.45) is 5.41 Å². The van der Waals surface area contributed by atoms with Gasteiger partial charge in [0.05, 0.1) is 12.4 Å². The molecular formula is C9H15ClN4. The van der Waals surface area contributed by atoms with Gasteiger partial charge in [-0.2, -0.15) is 0 Å². The molecule has 0 unspecified atom stereocenters. The van der Waals surface area contributed by atoms with Gasteiger partial charge in [-0.15, -0.1) is 16.7 Å². The molecule has 1 saturated carbocycles. The molecule has 0 atom stereocenters. The molecule has 0 saturated heterocycles. The van der Waals surface area contributed by atoms with Gasteiger partial charge in [0.2, 0.25) is 0 Å². The van der Waals surface area contributed by atoms with Gasteiger partial charge in [-0.05, 0) is 35.1 Å². The van der Waals surface area contributed by atoms with Crippen LogP contribution in [-0.4, -0.2) is 20.2 Å². The predicted molar refractivity (Wildman–Crippen MR) is 53.9 cm³/mol. The van der Waals surface area contributed by atoms with Gasteiger partial charge in [-0.25, -0.2) is 4.68 Å². The third-order valence-corrected chi connectivity index (χ3v) is 3.61. The fraction of sp³-hybridized carbons (Fsp3) is 0.889. The molecule has 1 aliphatic rings. The normalized spacial score (nSPS) is 19.3. The third kappa shape index (κ3) is 1.63. The zero-order chi connectivity index (χ0) is 10.0. The SMILES string of the molecule is CCC1(Cn2nnnc2CCl)CCC1. The molecule has 2 rings (SSSR count). The van der Waals surface area contributed by atoms with Crippen LogP contribution in [0.1, 0.15) is 38.4 Å². The molecule has 78 valence electrons. The first-order chi connectivity index (χ1) is 6.79. The number of aromatic nitrogens is 4. The molecule has 4 nitrogen and oxygen atoms in total. The highest BCUT2D eigenvalue weighted by Gasteiger charge is 2.36. The van der Waals surface area contributed by atoms with Crippen LogP contribution in [0.25, 0.3) is 0 Å². The second-order valence-corrected chi connectivity index (χ2v) is 4.36. The Labute approximate surface area is 88.6 Å². The second-order valence-electron chi connectivity index (χ2n) is 4.09. The highest BCUT2D eigenvalue weighted by atomic mass is 35.5. The number of hydrogen-bond donors (Lipinski definition) is 0. The Balaban J connectivity index is 2.09. The molecule has 1 aromatic heterocycles. The molecule has 1 fully saturated rings. The van der Waals surface area contributed by atoms with Crippen LogP contribution in [0.5, 0.6) is 0 Å². The number of hydrogen-bond acceptors (Lipinski definition) is 3. The fourth-order valence-corrected chi connectivity index (χ4v) is 2.25. The largest absolute Gasteiger partial charge is 0.228 e. The lowest BCUT2D eigenvalue weighted by atomic mass is 9.67. The van der Waals surface area contributed by atoms with Crippen LogP contribution < -0.4 is 0 Å². The molecular weight excluding hydrogens is 200 g/mol. The van der Waals surface area contributed by atoms with Gasteiger partial charge in [0.1, 0.15) is 0 Å². The lowest BCUT2D eigenvalue weighted by Crippen LogP contribution is -2.34. The smallest absolute Gasteiger partial charge is 0.166 e. The summed E-state index contributed by atoms with van der Waals surface area (Å²) in [7, 11) is 0. The highest BCUT2D eigenvalue weighted by molar-refractivity contribution is 6.16. The van der Waals surface area contributed by atoms with Gasteiger partial charge < -0.3 is 0 Å². The van der Waals surface area contributed by atoms with Crippen molar-refractivity contribution in [2.45, 2.75) is 45.0 Å². The van der Waals surface area contributed by atoms with E-state index in [2.05, 4.69) is 22.4 Å². The average Bonchev–Trinajstić information content (AvgIpc) is 2.58. The van der Waals surface area contributed by atoms with E-state index in [-0.39, 0.29) is 0 Å². The summed E-state index contributed by atoms with van der Waals surface area (Å²) in [4.78, 5) is 0. The summed E-state index contributed by atoms with van der Waals surface area (Å²) in [5, 5.41) is 11.5. The van der Waals surface area contributed by atoms with E-state index in [1.807, 2.05) is 4.68 Å². The van der Waals surface area contributed by atoms with Crippen LogP contribution in [0.3, 0.4) is 0 Å². The first kappa shape index (κ1) is 9.90. The maximum Gasteiger partial charge on any atom is 0.166 e. The van der Waals surface area contributed by atoms with E-state index in [4.69, 9.17) is 11.6 Å². The molecule has 1 aromatic rings. The monoisotopic (exact) mass is 214 g/mol. The first-order valence-electron chi connectivity index (χ1n) is 5.11. The minimum atomic E-state index is 0.396. The van der Waals surface area contributed by atoms with Gasteiger partial charge in [0.15, 0.2) is 5.82 Å². The standard InChI is InChI=1S/C9H15ClN4/c1-2-9(4-3-5-9)7-14-8(6-10)11-12-13-14/h2-7H2,1H3. The van der Waals surface area contributed by atoms with Gasteiger partial charge >= 0.3 is 0 Å². The molecule has 1 aliphatic carbocycles. The van der Waals surface area contributed by atoms with Crippen molar-refractivity contribution in [3.05, 3.63) is 5.82 Å². The number of halogens is 1. The van der Waals surface area contributed by atoms with Gasteiger partial charge in [0, 0.05) is 0 Å². The van der Waals surface area contributed by atoms with Crippen molar-refractivity contribution in [2.75, 3.05) is 0 Å². The molecule has 0 bridgehead atoms. The van der Waals surface area contributed by atoms with Crippen LogP contribution in [0.2, 0.25) is 0 Å². The number of nitrogens with zero attached hydrogens (tertiary/aromatic N) is 4. The van der Waals surface area contributed by atoms with Gasteiger partial charge in [-0.1, -0.05) is 13.3 Å². The van der Waals surface area contributed by atoms with E-state index < -0.39 is 0 Å². The van der Waals surface area contributed by atoms with Crippen molar-refractivity contribution in [3.63, 3.8) is 0 Å². The molecule has 0 radical (unpaired) electrons. The maximum atomic E-state index is 5.74. The average molecular weight is 215 g/mol. The molecule has 0 amide bonds. The second kappa shape index (κ2) is 3.85. The molecule has 5 heteroatoms. The van der Waals surface area contributed by atoms with Crippen molar-refractivity contribution < 1.29 is 0 Å². The minimum Gasteiger partial charge on any atom is -0.228 e. The van der Waals surface area contributed by atoms with Crippen LogP contribution in [0.15, 0.2) is 0 Å². The first-order valence-corrected chi connectivity index (χ1v) is 5.64. The lowest BCUT2D eigenvalue weighted by Gasteiger charge is -2.41. The van der Waals surface area contributed by atoms with E-state index in [9.17, 15) is 0 Å². The van der Waals surface area contributed by atoms with E-state index in [1.165, 1.54) is 25.7 Å². The Morgan fingerprint density at radius 3 is 2.79 bits per heavy atom. The van der Waals surface area contributed by atoms with E-state index >= 15 is 0 Å². The number of alkyl halides is 1. The Hall–Kier alpha value is -0.640. The molecule has 0 spiro atoms. The molecule has 0 N–H and O–H groups in total. The van der Waals surface area contributed by atoms with E-state index in [1.54, 1.807) is 0 Å². The van der Waals surface area contributed by atoms with Gasteiger partial charge in [0.25, 0.3) is 0 Å². The Bertz CT molecular complexity index is 300. The predicted octanol–water partition coefficient (Wildman–Crippen LogP) is 1.99. The summed E-state index contributed by atoms with van der Waals surface area (Å²) in [6.07, 6.45) is 5.14. The van der Waals surface area contributed by atoms with Gasteiger partial charge in [-0.3, -0.25) is 0 Å². The fourth-order valence-electron chi connectivity index (χ4n) is 2.06. The van der Waals surface area contributed by atoms with Crippen LogP contribution in [0.4, 0.5) is 0 Å². The molecule has 14 heavy (non-hydrogen) atoms. The minimum absolute atomic E-state index is 0.396. The zero-order valence-corrected chi connectivity index (χ0v) is 9.17. The molecule has 1 heterocycles. The summed E-state index contributed by atoms with van der Waals surface area (Å²) >= 11 is 5.74. The zero-order valence-electron chi connectivity index (χ0n) is 8.41. The van der Waals surface area contributed by atoms with Crippen LogP contribution in [-0.2, 0) is 12.4 Å². The quantitative estimate of drug-likeness (QED) is 0.720. The number of rotatable bonds is 4. The van der Waals surface area contributed by atoms with Crippen molar-refractivity contribution in [3.8, 4) is 0 Å². The van der Waals surface area contributed by atoms with Crippen LogP contribution in [0, 0.1) is 5.41 Å². The third-order valence-electron chi connectivity index (χ3n) is 3.37. The van der Waals surface area contributed by atoms with Crippen molar-refractivity contribution in [1.29, 1.82) is 0 Å². The van der Waals surface area contributed by atoms with Crippen LogP contribution >= 0.6 is 11.6 Å². The van der Waals surface area contributed by atoms with E-state index in [0.29, 0.717) is 11.3 Å².